The molecule has 1 aliphatic heterocycles. The molecule has 2 aromatic rings. The van der Waals surface area contributed by atoms with Crippen LogP contribution in [0.2, 0.25) is 0 Å². The van der Waals surface area contributed by atoms with Gasteiger partial charge in [-0.3, -0.25) is 4.79 Å². The van der Waals surface area contributed by atoms with Gasteiger partial charge >= 0.3 is 0 Å². The summed E-state index contributed by atoms with van der Waals surface area (Å²) in [5, 5.41) is 21.3. The zero-order chi connectivity index (χ0) is 28.3. The average molecular weight is 528 g/mol. The molecular formula is C31H42FNO5. The number of hydrogen-bond donors (Lipinski definition) is 2. The van der Waals surface area contributed by atoms with Gasteiger partial charge < -0.3 is 19.7 Å². The SMILES string of the molecule is CC1=C[C@H](C(C)(C)C)N(C(O)OC(C)(C)C)C(Cc2cc(CO)c(OCc3ccccc3)cc2F)C(=O)C1. The first-order valence-corrected chi connectivity index (χ1v) is 13.1. The molecule has 0 saturated carbocycles. The monoisotopic (exact) mass is 527 g/mol. The number of nitrogens with zero attached hydrogens (tertiary/aromatic N) is 1. The molecule has 0 aromatic heterocycles. The van der Waals surface area contributed by atoms with Crippen LogP contribution in [0.3, 0.4) is 0 Å². The maximum absolute atomic E-state index is 15.5. The van der Waals surface area contributed by atoms with Crippen molar-refractivity contribution in [3.05, 3.63) is 76.6 Å². The predicted octanol–water partition coefficient (Wildman–Crippen LogP) is 5.53. The summed E-state index contributed by atoms with van der Waals surface area (Å²) in [6.07, 6.45) is 0.824. The summed E-state index contributed by atoms with van der Waals surface area (Å²) in [4.78, 5) is 15.2. The first-order valence-electron chi connectivity index (χ1n) is 13.1. The van der Waals surface area contributed by atoms with Crippen LogP contribution in [0, 0.1) is 11.2 Å². The van der Waals surface area contributed by atoms with Crippen molar-refractivity contribution < 1.29 is 28.9 Å². The normalized spacial score (nSPS) is 20.2. The number of hydrogen-bond acceptors (Lipinski definition) is 6. The van der Waals surface area contributed by atoms with Crippen molar-refractivity contribution in [1.82, 2.24) is 4.90 Å². The highest BCUT2D eigenvalue weighted by atomic mass is 19.1. The maximum atomic E-state index is 15.5. The molecule has 6 nitrogen and oxygen atoms in total. The fraction of sp³-hybridized carbons (Fsp3) is 0.516. The number of carbonyl (C=O) groups is 1. The van der Waals surface area contributed by atoms with Gasteiger partial charge in [0.2, 0.25) is 6.41 Å². The van der Waals surface area contributed by atoms with Crippen LogP contribution < -0.4 is 4.74 Å². The highest BCUT2D eigenvalue weighted by Gasteiger charge is 2.43. The molecule has 2 unspecified atom stereocenters. The van der Waals surface area contributed by atoms with Gasteiger partial charge in [0.15, 0.2) is 5.78 Å². The summed E-state index contributed by atoms with van der Waals surface area (Å²) in [6, 6.07) is 11.1. The van der Waals surface area contributed by atoms with E-state index in [-0.39, 0.29) is 54.6 Å². The van der Waals surface area contributed by atoms with Crippen LogP contribution in [0.25, 0.3) is 0 Å². The number of Topliss-reactive ketones (excluding diaryl/α,β-unsaturated/α-hetero) is 1. The Morgan fingerprint density at radius 2 is 1.74 bits per heavy atom. The minimum atomic E-state index is -1.39. The van der Waals surface area contributed by atoms with E-state index in [9.17, 15) is 15.0 Å². The summed E-state index contributed by atoms with van der Waals surface area (Å²) in [5.41, 5.74) is 1.48. The summed E-state index contributed by atoms with van der Waals surface area (Å²) < 4.78 is 27.2. The number of benzene rings is 2. The number of allylic oxidation sites excluding steroid dienone is 1. The lowest BCUT2D eigenvalue weighted by Crippen LogP contribution is -2.58. The molecule has 38 heavy (non-hydrogen) atoms. The topological polar surface area (TPSA) is 79.2 Å². The molecule has 0 fully saturated rings. The third-order valence-electron chi connectivity index (χ3n) is 6.60. The van der Waals surface area contributed by atoms with Crippen LogP contribution in [0.1, 0.15) is 71.6 Å². The lowest BCUT2D eigenvalue weighted by atomic mass is 9.84. The molecule has 2 N–H and O–H groups in total. The smallest absolute Gasteiger partial charge is 0.217 e. The number of carbonyl (C=O) groups excluding carboxylic acids is 1. The summed E-state index contributed by atoms with van der Waals surface area (Å²) in [5.74, 6) is -0.412. The molecule has 0 saturated heterocycles. The Bertz CT molecular complexity index is 1130. The first kappa shape index (κ1) is 30.0. The fourth-order valence-corrected chi connectivity index (χ4v) is 4.76. The quantitative estimate of drug-likeness (QED) is 0.347. The molecule has 7 heteroatoms. The zero-order valence-electron chi connectivity index (χ0n) is 23.6. The molecule has 208 valence electrons. The number of aliphatic hydroxyl groups excluding tert-OH is 2. The molecule has 0 radical (unpaired) electrons. The Morgan fingerprint density at radius 3 is 2.32 bits per heavy atom. The van der Waals surface area contributed by atoms with Crippen molar-refractivity contribution in [2.45, 2.75) is 98.6 Å². The predicted molar refractivity (Wildman–Crippen MR) is 146 cm³/mol. The van der Waals surface area contributed by atoms with Gasteiger partial charge in [-0.1, -0.05) is 62.8 Å². The van der Waals surface area contributed by atoms with Crippen LogP contribution in [0.4, 0.5) is 4.39 Å². The summed E-state index contributed by atoms with van der Waals surface area (Å²) in [7, 11) is 0. The second-order valence-corrected chi connectivity index (χ2v) is 12.2. The van der Waals surface area contributed by atoms with Crippen LogP contribution >= 0.6 is 0 Å². The number of rotatable bonds is 8. The van der Waals surface area contributed by atoms with E-state index in [0.29, 0.717) is 5.56 Å². The second kappa shape index (κ2) is 12.1. The fourth-order valence-electron chi connectivity index (χ4n) is 4.76. The van der Waals surface area contributed by atoms with Crippen molar-refractivity contribution in [2.24, 2.45) is 5.41 Å². The molecule has 0 aliphatic carbocycles. The van der Waals surface area contributed by atoms with E-state index >= 15 is 4.39 Å². The summed E-state index contributed by atoms with van der Waals surface area (Å²) in [6.45, 7) is 13.4. The lowest BCUT2D eigenvalue weighted by molar-refractivity contribution is -0.259. The third-order valence-corrected chi connectivity index (χ3v) is 6.60. The van der Waals surface area contributed by atoms with E-state index in [2.05, 4.69) is 0 Å². The zero-order valence-corrected chi connectivity index (χ0v) is 23.6. The van der Waals surface area contributed by atoms with Crippen molar-refractivity contribution in [3.63, 3.8) is 0 Å². The molecular weight excluding hydrogens is 485 g/mol. The molecule has 0 amide bonds. The Hall–Kier alpha value is -2.58. The number of ether oxygens (including phenoxy) is 2. The molecule has 0 bridgehead atoms. The van der Waals surface area contributed by atoms with Gasteiger partial charge in [0, 0.05) is 24.1 Å². The average Bonchev–Trinajstić information content (AvgIpc) is 2.94. The number of ketones is 1. The van der Waals surface area contributed by atoms with Gasteiger partial charge in [-0.2, -0.15) is 0 Å². The van der Waals surface area contributed by atoms with Crippen molar-refractivity contribution in [2.75, 3.05) is 0 Å². The Balaban J connectivity index is 1.98. The van der Waals surface area contributed by atoms with Gasteiger partial charge in [-0.15, -0.1) is 0 Å². The maximum Gasteiger partial charge on any atom is 0.217 e. The molecule has 3 atom stereocenters. The van der Waals surface area contributed by atoms with Gasteiger partial charge in [0.05, 0.1) is 18.2 Å². The molecule has 0 spiro atoms. The second-order valence-electron chi connectivity index (χ2n) is 12.2. The molecule has 1 heterocycles. The van der Waals surface area contributed by atoms with Crippen molar-refractivity contribution in [1.29, 1.82) is 0 Å². The van der Waals surface area contributed by atoms with E-state index in [4.69, 9.17) is 9.47 Å². The van der Waals surface area contributed by atoms with Crippen molar-refractivity contribution in [3.8, 4) is 5.75 Å². The number of aliphatic hydroxyl groups is 2. The minimum Gasteiger partial charge on any atom is -0.488 e. The van der Waals surface area contributed by atoms with Crippen LogP contribution in [-0.2, 0) is 29.2 Å². The van der Waals surface area contributed by atoms with Gasteiger partial charge in [0.25, 0.3) is 0 Å². The van der Waals surface area contributed by atoms with Crippen LogP contribution in [0.15, 0.2) is 54.1 Å². The van der Waals surface area contributed by atoms with Gasteiger partial charge in [-0.25, -0.2) is 9.29 Å². The lowest BCUT2D eigenvalue weighted by Gasteiger charge is -2.45. The Kier molecular flexibility index (Phi) is 9.52. The Labute approximate surface area is 226 Å². The first-order chi connectivity index (χ1) is 17.7. The van der Waals surface area contributed by atoms with Gasteiger partial charge in [-0.05, 0) is 56.7 Å². The van der Waals surface area contributed by atoms with E-state index in [1.807, 2.05) is 84.9 Å². The molecule has 3 rings (SSSR count). The van der Waals surface area contributed by atoms with E-state index in [0.717, 1.165) is 11.1 Å². The highest BCUT2D eigenvalue weighted by molar-refractivity contribution is 5.87. The third kappa shape index (κ3) is 7.73. The number of halogens is 1. The highest BCUT2D eigenvalue weighted by Crippen LogP contribution is 2.35. The van der Waals surface area contributed by atoms with Crippen LogP contribution in [0.5, 0.6) is 5.75 Å². The standard InChI is InChI=1S/C31H42FNO5/c1-20-13-26(35)25(33(28(14-20)30(2,3)4)29(36)38-31(5,6)7)16-22-15-23(18-34)27(17-24(22)32)37-19-21-11-9-8-10-12-21/h8-12,14-15,17,25,28-29,34,36H,13,16,18-19H2,1-7H3/t25?,28-,29?/m1/s1. The summed E-state index contributed by atoms with van der Waals surface area (Å²) >= 11 is 0. The van der Waals surface area contributed by atoms with E-state index in [1.165, 1.54) is 6.07 Å². The molecule has 1 aliphatic rings. The van der Waals surface area contributed by atoms with Gasteiger partial charge in [0.1, 0.15) is 18.2 Å². The van der Waals surface area contributed by atoms with E-state index < -0.39 is 23.9 Å². The van der Waals surface area contributed by atoms with Crippen molar-refractivity contribution >= 4 is 5.78 Å². The van der Waals surface area contributed by atoms with E-state index in [1.54, 1.807) is 11.0 Å². The molecule has 2 aromatic carbocycles. The minimum absolute atomic E-state index is 0.00882. The Morgan fingerprint density at radius 1 is 1.08 bits per heavy atom. The largest absolute Gasteiger partial charge is 0.488 e. The van der Waals surface area contributed by atoms with Crippen LogP contribution in [-0.4, -0.2) is 45.0 Å².